The van der Waals surface area contributed by atoms with Gasteiger partial charge in [-0.3, -0.25) is 9.59 Å². The molecule has 0 heterocycles. The second kappa shape index (κ2) is 73.1. The zero-order valence-corrected chi connectivity index (χ0v) is 56.7. The summed E-state index contributed by atoms with van der Waals surface area (Å²) in [6.07, 6.45) is 91.9. The molecule has 0 rings (SSSR count). The number of hydrogen-bond acceptors (Lipinski definition) is 5. The number of nitrogens with one attached hydrogen (secondary N) is 1. The quantitative estimate of drug-likeness (QED) is 0.0320. The van der Waals surface area contributed by atoms with Crippen molar-refractivity contribution in [3.63, 3.8) is 0 Å². The maximum Gasteiger partial charge on any atom is 0.305 e. The standard InChI is InChI=1S/C77H151NO5/c1-3-5-7-9-11-13-15-16-17-18-19-20-21-31-34-37-40-43-46-50-53-57-61-65-69-75(80)74(73-79)78-76(81)70-66-62-58-54-51-47-44-41-38-35-32-29-27-25-23-22-24-26-28-30-33-36-39-42-45-48-52-56-60-64-68-72-83-77(82)71-67-63-59-55-49-14-12-10-8-6-4-2/h65,69,74-75,79-80H,3-64,66-68,70-73H2,1-2H3,(H,78,81)/b69-65+. The second-order valence-electron chi connectivity index (χ2n) is 26.7. The van der Waals surface area contributed by atoms with Gasteiger partial charge in [0.25, 0.3) is 0 Å². The van der Waals surface area contributed by atoms with E-state index in [2.05, 4.69) is 19.2 Å². The molecule has 6 heteroatoms. The summed E-state index contributed by atoms with van der Waals surface area (Å²) in [5.74, 6) is -0.0370. The Kier molecular flexibility index (Phi) is 71.8. The van der Waals surface area contributed by atoms with Crippen molar-refractivity contribution in [2.75, 3.05) is 13.2 Å². The highest BCUT2D eigenvalue weighted by Gasteiger charge is 2.18. The molecule has 0 saturated heterocycles. The summed E-state index contributed by atoms with van der Waals surface area (Å²) in [5, 5.41) is 23.3. The summed E-state index contributed by atoms with van der Waals surface area (Å²) in [6, 6.07) is -0.625. The predicted octanol–water partition coefficient (Wildman–Crippen LogP) is 25.1. The second-order valence-corrected chi connectivity index (χ2v) is 26.7. The Bertz CT molecular complexity index is 1260. The van der Waals surface area contributed by atoms with Crippen LogP contribution in [0.1, 0.15) is 444 Å². The number of rotatable bonds is 73. The smallest absolute Gasteiger partial charge is 0.305 e. The highest BCUT2D eigenvalue weighted by atomic mass is 16.5. The third kappa shape index (κ3) is 69.6. The van der Waals surface area contributed by atoms with Crippen LogP contribution < -0.4 is 5.32 Å². The Balaban J connectivity index is 3.36. The van der Waals surface area contributed by atoms with E-state index >= 15 is 0 Å². The van der Waals surface area contributed by atoms with Crippen LogP contribution in [0.3, 0.4) is 0 Å². The van der Waals surface area contributed by atoms with Crippen LogP contribution in [0.2, 0.25) is 0 Å². The van der Waals surface area contributed by atoms with Crippen molar-refractivity contribution in [2.45, 2.75) is 456 Å². The summed E-state index contributed by atoms with van der Waals surface area (Å²) >= 11 is 0. The fraction of sp³-hybridized carbons (Fsp3) is 0.948. The van der Waals surface area contributed by atoms with Crippen LogP contribution in [-0.2, 0) is 14.3 Å². The van der Waals surface area contributed by atoms with Gasteiger partial charge in [-0.15, -0.1) is 0 Å². The average Bonchev–Trinajstić information content (AvgIpc) is 3.50. The number of aliphatic hydroxyl groups is 2. The number of carbonyl (C=O) groups is 2. The monoisotopic (exact) mass is 1170 g/mol. The van der Waals surface area contributed by atoms with Crippen molar-refractivity contribution >= 4 is 11.9 Å². The maximum absolute atomic E-state index is 12.5. The number of ether oxygens (including phenoxy) is 1. The minimum absolute atomic E-state index is 0.0212. The van der Waals surface area contributed by atoms with E-state index in [9.17, 15) is 19.8 Å². The first kappa shape index (κ1) is 81.6. The molecule has 6 nitrogen and oxygen atoms in total. The molecule has 83 heavy (non-hydrogen) atoms. The van der Waals surface area contributed by atoms with Crippen LogP contribution in [0.15, 0.2) is 12.2 Å². The van der Waals surface area contributed by atoms with Crippen LogP contribution in [-0.4, -0.2) is 47.4 Å². The molecule has 0 aromatic heterocycles. The molecule has 0 aromatic rings. The van der Waals surface area contributed by atoms with Crippen molar-refractivity contribution in [2.24, 2.45) is 0 Å². The van der Waals surface area contributed by atoms with E-state index in [0.29, 0.717) is 19.4 Å². The van der Waals surface area contributed by atoms with E-state index in [4.69, 9.17) is 4.74 Å². The summed E-state index contributed by atoms with van der Waals surface area (Å²) in [6.45, 7) is 4.96. The molecule has 0 aliphatic heterocycles. The minimum atomic E-state index is -0.842. The molecule has 0 aliphatic rings. The minimum Gasteiger partial charge on any atom is -0.466 e. The van der Waals surface area contributed by atoms with E-state index < -0.39 is 12.1 Å². The van der Waals surface area contributed by atoms with Crippen LogP contribution in [0, 0.1) is 0 Å². The average molecular weight is 1170 g/mol. The van der Waals surface area contributed by atoms with Crippen molar-refractivity contribution < 1.29 is 24.5 Å². The summed E-state index contributed by atoms with van der Waals surface area (Å²) < 4.78 is 5.48. The molecular weight excluding hydrogens is 1020 g/mol. The Morgan fingerprint density at radius 2 is 0.554 bits per heavy atom. The Morgan fingerprint density at radius 1 is 0.325 bits per heavy atom. The molecule has 3 N–H and O–H groups in total. The van der Waals surface area contributed by atoms with Gasteiger partial charge in [0, 0.05) is 12.8 Å². The highest BCUT2D eigenvalue weighted by Crippen LogP contribution is 2.20. The van der Waals surface area contributed by atoms with Gasteiger partial charge < -0.3 is 20.3 Å². The van der Waals surface area contributed by atoms with Crippen molar-refractivity contribution in [1.29, 1.82) is 0 Å². The summed E-state index contributed by atoms with van der Waals surface area (Å²) in [5.41, 5.74) is 0. The van der Waals surface area contributed by atoms with Gasteiger partial charge in [0.15, 0.2) is 0 Å². The molecule has 0 bridgehead atoms. The Morgan fingerprint density at radius 3 is 0.819 bits per heavy atom. The molecular formula is C77H151NO5. The first-order valence-electron chi connectivity index (χ1n) is 38.5. The van der Waals surface area contributed by atoms with Crippen molar-refractivity contribution in [1.82, 2.24) is 5.32 Å². The number of allylic oxidation sites excluding steroid dienone is 1. The molecule has 1 amide bonds. The van der Waals surface area contributed by atoms with E-state index in [-0.39, 0.29) is 18.5 Å². The molecule has 0 saturated carbocycles. The molecule has 0 spiro atoms. The van der Waals surface area contributed by atoms with Crippen molar-refractivity contribution in [3.8, 4) is 0 Å². The van der Waals surface area contributed by atoms with E-state index in [1.807, 2.05) is 6.08 Å². The third-order valence-electron chi connectivity index (χ3n) is 18.3. The molecule has 0 aliphatic carbocycles. The number of amides is 1. The van der Waals surface area contributed by atoms with E-state index in [0.717, 1.165) is 38.5 Å². The van der Waals surface area contributed by atoms with Gasteiger partial charge in [-0.25, -0.2) is 0 Å². The number of unbranched alkanes of at least 4 members (excludes halogenated alkanes) is 62. The molecule has 494 valence electrons. The predicted molar refractivity (Wildman–Crippen MR) is 366 cm³/mol. The number of carbonyl (C=O) groups excluding carboxylic acids is 2. The van der Waals surface area contributed by atoms with E-state index in [1.165, 1.54) is 379 Å². The normalized spacial score (nSPS) is 12.5. The van der Waals surface area contributed by atoms with Crippen LogP contribution in [0.25, 0.3) is 0 Å². The van der Waals surface area contributed by atoms with Gasteiger partial charge in [-0.05, 0) is 32.1 Å². The van der Waals surface area contributed by atoms with Crippen LogP contribution in [0.5, 0.6) is 0 Å². The van der Waals surface area contributed by atoms with Gasteiger partial charge in [0.05, 0.1) is 25.4 Å². The zero-order valence-electron chi connectivity index (χ0n) is 56.7. The van der Waals surface area contributed by atoms with E-state index in [1.54, 1.807) is 6.08 Å². The Labute approximate surface area is 520 Å². The highest BCUT2D eigenvalue weighted by molar-refractivity contribution is 5.76. The van der Waals surface area contributed by atoms with Crippen molar-refractivity contribution in [3.05, 3.63) is 12.2 Å². The number of esters is 1. The lowest BCUT2D eigenvalue weighted by Gasteiger charge is -2.20. The number of hydrogen-bond donors (Lipinski definition) is 3. The van der Waals surface area contributed by atoms with Gasteiger partial charge in [-0.1, -0.05) is 411 Å². The third-order valence-corrected chi connectivity index (χ3v) is 18.3. The number of aliphatic hydroxyl groups excluding tert-OH is 2. The van der Waals surface area contributed by atoms with Crippen LogP contribution in [0.4, 0.5) is 0 Å². The maximum atomic E-state index is 12.5. The largest absolute Gasteiger partial charge is 0.466 e. The van der Waals surface area contributed by atoms with Gasteiger partial charge >= 0.3 is 5.97 Å². The van der Waals surface area contributed by atoms with Gasteiger partial charge in [0.1, 0.15) is 0 Å². The Hall–Kier alpha value is -1.40. The molecule has 2 unspecified atom stereocenters. The molecule has 2 atom stereocenters. The summed E-state index contributed by atoms with van der Waals surface area (Å²) in [4.78, 5) is 24.6. The zero-order chi connectivity index (χ0) is 59.9. The lowest BCUT2D eigenvalue weighted by Crippen LogP contribution is -2.45. The molecule has 0 radical (unpaired) electrons. The SMILES string of the molecule is CCCCCCCCCCCCCCCCCCCCCCCC/C=C/C(O)C(CO)NC(=O)CCCCCCCCCCCCCCCCCCCCCCCCCCCCCCCCCOC(=O)CCCCCCCCCCCCC. The first-order valence-corrected chi connectivity index (χ1v) is 38.5. The summed E-state index contributed by atoms with van der Waals surface area (Å²) in [7, 11) is 0. The van der Waals surface area contributed by atoms with Gasteiger partial charge in [0.2, 0.25) is 5.91 Å². The first-order chi connectivity index (χ1) is 41.0. The van der Waals surface area contributed by atoms with Crippen LogP contribution >= 0.6 is 0 Å². The molecule has 0 aromatic carbocycles. The van der Waals surface area contributed by atoms with Gasteiger partial charge in [-0.2, -0.15) is 0 Å². The topological polar surface area (TPSA) is 95.9 Å². The fourth-order valence-electron chi connectivity index (χ4n) is 12.5. The lowest BCUT2D eigenvalue weighted by atomic mass is 10.0. The lowest BCUT2D eigenvalue weighted by molar-refractivity contribution is -0.143. The fourth-order valence-corrected chi connectivity index (χ4v) is 12.5. The molecule has 0 fully saturated rings.